The van der Waals surface area contributed by atoms with E-state index in [0.29, 0.717) is 6.04 Å². The summed E-state index contributed by atoms with van der Waals surface area (Å²) in [4.78, 5) is 10.9. The van der Waals surface area contributed by atoms with Crippen LogP contribution < -0.4 is 10.2 Å². The highest BCUT2D eigenvalue weighted by Gasteiger charge is 2.21. The smallest absolute Gasteiger partial charge is 0.225 e. The molecule has 1 unspecified atom stereocenters. The first kappa shape index (κ1) is 13.2. The van der Waals surface area contributed by atoms with Gasteiger partial charge in [0.2, 0.25) is 5.95 Å². The zero-order valence-electron chi connectivity index (χ0n) is 11.2. The quantitative estimate of drug-likeness (QED) is 0.769. The lowest BCUT2D eigenvalue weighted by atomic mass is 10.2. The van der Waals surface area contributed by atoms with E-state index in [9.17, 15) is 0 Å². The molecule has 0 spiro atoms. The highest BCUT2D eigenvalue weighted by atomic mass is 16.5. The molecule has 0 bridgehead atoms. The molecular weight excluding hydrogens is 228 g/mol. The molecule has 1 N–H and O–H groups in total. The molecule has 0 saturated carbocycles. The van der Waals surface area contributed by atoms with E-state index in [1.165, 1.54) is 0 Å². The molecule has 0 amide bonds. The second-order valence-electron chi connectivity index (χ2n) is 4.70. The highest BCUT2D eigenvalue weighted by molar-refractivity contribution is 5.30. The van der Waals surface area contributed by atoms with Gasteiger partial charge in [-0.2, -0.15) is 0 Å². The molecule has 1 aromatic heterocycles. The Kier molecular flexibility index (Phi) is 4.90. The second-order valence-corrected chi connectivity index (χ2v) is 4.70. The van der Waals surface area contributed by atoms with Gasteiger partial charge in [-0.1, -0.05) is 6.92 Å². The maximum atomic E-state index is 5.38. The van der Waals surface area contributed by atoms with Gasteiger partial charge in [0.05, 0.1) is 12.6 Å². The van der Waals surface area contributed by atoms with Crippen LogP contribution in [-0.4, -0.2) is 42.8 Å². The summed E-state index contributed by atoms with van der Waals surface area (Å²) in [6.07, 6.45) is 6.00. The Labute approximate surface area is 109 Å². The number of hydrogen-bond donors (Lipinski definition) is 1. The summed E-state index contributed by atoms with van der Waals surface area (Å²) < 4.78 is 5.38. The molecule has 1 aliphatic heterocycles. The molecule has 0 aromatic carbocycles. The standard InChI is InChI=1S/C13H22N4O/c1-3-5-14-7-11-8-15-13(16-9-11)17(2)12-4-6-18-10-12/h8-9,12,14H,3-7,10H2,1-2H3. The van der Waals surface area contributed by atoms with Crippen molar-refractivity contribution in [1.82, 2.24) is 15.3 Å². The lowest BCUT2D eigenvalue weighted by Gasteiger charge is -2.22. The third-order valence-corrected chi connectivity index (χ3v) is 3.22. The van der Waals surface area contributed by atoms with Gasteiger partial charge in [0.1, 0.15) is 0 Å². The van der Waals surface area contributed by atoms with Crippen LogP contribution >= 0.6 is 0 Å². The van der Waals surface area contributed by atoms with E-state index in [2.05, 4.69) is 27.1 Å². The van der Waals surface area contributed by atoms with Crippen LogP contribution in [0, 0.1) is 0 Å². The van der Waals surface area contributed by atoms with Crippen LogP contribution in [0.15, 0.2) is 12.4 Å². The van der Waals surface area contributed by atoms with Crippen molar-refractivity contribution >= 4 is 5.95 Å². The summed E-state index contributed by atoms with van der Waals surface area (Å²) in [5, 5.41) is 3.34. The lowest BCUT2D eigenvalue weighted by molar-refractivity contribution is 0.193. The molecule has 1 fully saturated rings. The van der Waals surface area contributed by atoms with E-state index in [0.717, 1.165) is 50.7 Å². The first-order chi connectivity index (χ1) is 8.81. The molecule has 2 rings (SSSR count). The van der Waals surface area contributed by atoms with E-state index >= 15 is 0 Å². The highest BCUT2D eigenvalue weighted by Crippen LogP contribution is 2.15. The average molecular weight is 250 g/mol. The zero-order valence-corrected chi connectivity index (χ0v) is 11.2. The van der Waals surface area contributed by atoms with E-state index in [1.54, 1.807) is 0 Å². The fourth-order valence-corrected chi connectivity index (χ4v) is 2.02. The van der Waals surface area contributed by atoms with Gasteiger partial charge < -0.3 is 15.0 Å². The number of rotatable bonds is 6. The minimum atomic E-state index is 0.411. The second kappa shape index (κ2) is 6.66. The minimum absolute atomic E-state index is 0.411. The average Bonchev–Trinajstić information content (AvgIpc) is 2.93. The van der Waals surface area contributed by atoms with Gasteiger partial charge in [0.15, 0.2) is 0 Å². The van der Waals surface area contributed by atoms with Crippen LogP contribution in [0.25, 0.3) is 0 Å². The minimum Gasteiger partial charge on any atom is -0.379 e. The summed E-state index contributed by atoms with van der Waals surface area (Å²) in [5.41, 5.74) is 1.13. The Hall–Kier alpha value is -1.20. The summed E-state index contributed by atoms with van der Waals surface area (Å²) >= 11 is 0. The van der Waals surface area contributed by atoms with Crippen molar-refractivity contribution in [3.63, 3.8) is 0 Å². The largest absolute Gasteiger partial charge is 0.379 e. The maximum absolute atomic E-state index is 5.38. The van der Waals surface area contributed by atoms with E-state index < -0.39 is 0 Å². The van der Waals surface area contributed by atoms with Crippen molar-refractivity contribution in [2.24, 2.45) is 0 Å². The Morgan fingerprint density at radius 3 is 2.83 bits per heavy atom. The van der Waals surface area contributed by atoms with E-state index in [1.807, 2.05) is 19.4 Å². The zero-order chi connectivity index (χ0) is 12.8. The summed E-state index contributed by atoms with van der Waals surface area (Å²) in [6.45, 7) is 5.64. The molecule has 5 nitrogen and oxygen atoms in total. The molecule has 18 heavy (non-hydrogen) atoms. The SMILES string of the molecule is CCCNCc1cnc(N(C)C2CCOC2)nc1. The lowest BCUT2D eigenvalue weighted by Crippen LogP contribution is -2.33. The molecule has 5 heteroatoms. The predicted molar refractivity (Wildman–Crippen MR) is 71.7 cm³/mol. The van der Waals surface area contributed by atoms with Crippen LogP contribution in [-0.2, 0) is 11.3 Å². The Morgan fingerprint density at radius 2 is 2.22 bits per heavy atom. The third-order valence-electron chi connectivity index (χ3n) is 3.22. The van der Waals surface area contributed by atoms with E-state index in [-0.39, 0.29) is 0 Å². The molecule has 0 aliphatic carbocycles. The summed E-state index contributed by atoms with van der Waals surface area (Å²) in [7, 11) is 2.03. The van der Waals surface area contributed by atoms with Crippen molar-refractivity contribution < 1.29 is 4.74 Å². The van der Waals surface area contributed by atoms with Gasteiger partial charge in [-0.25, -0.2) is 9.97 Å². The molecule has 0 radical (unpaired) electrons. The topological polar surface area (TPSA) is 50.3 Å². The Bertz CT molecular complexity index is 349. The third kappa shape index (κ3) is 3.40. The van der Waals surface area contributed by atoms with Gasteiger partial charge in [-0.3, -0.25) is 0 Å². The number of nitrogens with one attached hydrogen (secondary N) is 1. The van der Waals surface area contributed by atoms with E-state index in [4.69, 9.17) is 4.74 Å². The van der Waals surface area contributed by atoms with Crippen molar-refractivity contribution in [2.45, 2.75) is 32.4 Å². The molecular formula is C13H22N4O. The van der Waals surface area contributed by atoms with Crippen molar-refractivity contribution in [3.05, 3.63) is 18.0 Å². The first-order valence-electron chi connectivity index (χ1n) is 6.63. The van der Waals surface area contributed by atoms with Crippen molar-refractivity contribution in [2.75, 3.05) is 31.7 Å². The number of likely N-dealkylation sites (N-methyl/N-ethyl adjacent to an activating group) is 1. The maximum Gasteiger partial charge on any atom is 0.225 e. The fraction of sp³-hybridized carbons (Fsp3) is 0.692. The number of nitrogens with zero attached hydrogens (tertiary/aromatic N) is 3. The first-order valence-corrected chi connectivity index (χ1v) is 6.63. The molecule has 2 heterocycles. The molecule has 1 aliphatic rings. The number of ether oxygens (including phenoxy) is 1. The van der Waals surface area contributed by atoms with Gasteiger partial charge in [-0.05, 0) is 19.4 Å². The van der Waals surface area contributed by atoms with Crippen molar-refractivity contribution in [1.29, 1.82) is 0 Å². The molecule has 100 valence electrons. The monoisotopic (exact) mass is 250 g/mol. The Balaban J connectivity index is 1.89. The molecule has 1 atom stereocenters. The van der Waals surface area contributed by atoms with Gasteiger partial charge in [-0.15, -0.1) is 0 Å². The van der Waals surface area contributed by atoms with Crippen molar-refractivity contribution in [3.8, 4) is 0 Å². The van der Waals surface area contributed by atoms with Gasteiger partial charge in [0, 0.05) is 38.2 Å². The number of hydrogen-bond acceptors (Lipinski definition) is 5. The van der Waals surface area contributed by atoms with Crippen LogP contribution in [0.5, 0.6) is 0 Å². The summed E-state index contributed by atoms with van der Waals surface area (Å²) in [6, 6.07) is 0.411. The molecule has 1 saturated heterocycles. The normalized spacial score (nSPS) is 19.1. The summed E-state index contributed by atoms with van der Waals surface area (Å²) in [5.74, 6) is 0.782. The van der Waals surface area contributed by atoms with Crippen LogP contribution in [0.2, 0.25) is 0 Å². The predicted octanol–water partition coefficient (Wildman–Crippen LogP) is 1.20. The number of anilines is 1. The van der Waals surface area contributed by atoms with Crippen LogP contribution in [0.3, 0.4) is 0 Å². The van der Waals surface area contributed by atoms with Gasteiger partial charge >= 0.3 is 0 Å². The fourth-order valence-electron chi connectivity index (χ4n) is 2.02. The molecule has 1 aromatic rings. The van der Waals surface area contributed by atoms with Crippen LogP contribution in [0.4, 0.5) is 5.95 Å². The van der Waals surface area contributed by atoms with Crippen LogP contribution in [0.1, 0.15) is 25.3 Å². The van der Waals surface area contributed by atoms with Gasteiger partial charge in [0.25, 0.3) is 0 Å². The number of aromatic nitrogens is 2. The Morgan fingerprint density at radius 1 is 1.44 bits per heavy atom.